The van der Waals surface area contributed by atoms with Gasteiger partial charge in [-0.15, -0.1) is 11.3 Å². The molecule has 18 aromatic rings. The molecule has 0 amide bonds. The summed E-state index contributed by atoms with van der Waals surface area (Å²) in [6.07, 6.45) is 0. The fourth-order valence-electron chi connectivity index (χ4n) is 18.6. The second kappa shape index (κ2) is 24.1. The summed E-state index contributed by atoms with van der Waals surface area (Å²) in [5.41, 5.74) is 25.9. The number of aromatic nitrogens is 1. The van der Waals surface area contributed by atoms with Crippen LogP contribution in [0.15, 0.2) is 352 Å². The van der Waals surface area contributed by atoms with Crippen LogP contribution in [0.1, 0.15) is 92.7 Å². The minimum Gasteiger partial charge on any atom is -0.311 e. The fraction of sp³-hybridized carbons (Fsp3) is 0.0857. The van der Waals surface area contributed by atoms with Gasteiger partial charge in [0.05, 0.1) is 56.0 Å². The first kappa shape index (κ1) is 52.3. The number of thiophene rings is 1. The van der Waals surface area contributed by atoms with E-state index in [1.54, 1.807) is 15.9 Å². The zero-order valence-electron chi connectivity index (χ0n) is 74.3. The summed E-state index contributed by atoms with van der Waals surface area (Å²) in [4.78, 5) is 4.54. The molecule has 0 bridgehead atoms. The highest BCUT2D eigenvalue weighted by atomic mass is 32.1. The van der Waals surface area contributed by atoms with E-state index in [-0.39, 0.29) is 50.3 Å². The molecule has 2 aromatic heterocycles. The van der Waals surface area contributed by atoms with Crippen LogP contribution >= 0.6 is 11.3 Å². The maximum atomic E-state index is 10.1. The van der Waals surface area contributed by atoms with E-state index in [2.05, 4.69) is 258 Å². The van der Waals surface area contributed by atoms with Gasteiger partial charge in [0.15, 0.2) is 0 Å². The highest BCUT2D eigenvalue weighted by Gasteiger charge is 2.52. The van der Waals surface area contributed by atoms with Gasteiger partial charge in [0.2, 0.25) is 0 Å². The number of benzene rings is 16. The first-order valence-electron chi connectivity index (χ1n) is 44.2. The number of hydrogen-bond donors (Lipinski definition) is 0. The molecule has 3 nitrogen and oxygen atoms in total. The van der Waals surface area contributed by atoms with Gasteiger partial charge in [0, 0.05) is 54.6 Å². The quantitative estimate of drug-likeness (QED) is 0.141. The molecule has 1 spiro atoms. The summed E-state index contributed by atoms with van der Waals surface area (Å²) in [5.74, 6) is 0. The number of fused-ring (bicyclic) bond motifs is 20. The van der Waals surface area contributed by atoms with Gasteiger partial charge in [-0.25, -0.2) is 0 Å². The van der Waals surface area contributed by atoms with Gasteiger partial charge in [-0.1, -0.05) is 332 Å². The first-order chi connectivity index (χ1) is 59.2. The molecular weight excluding hydrogens is 1350 g/mol. The monoisotopic (exact) mass is 1430 g/mol. The van der Waals surface area contributed by atoms with Crippen molar-refractivity contribution < 1.29 is 17.8 Å². The predicted octanol–water partition coefficient (Wildman–Crippen LogP) is 26.5. The van der Waals surface area contributed by atoms with E-state index in [1.165, 1.54) is 38.9 Å². The molecule has 110 heavy (non-hydrogen) atoms. The van der Waals surface area contributed by atoms with Crippen molar-refractivity contribution in [2.45, 2.75) is 57.8 Å². The lowest BCUT2D eigenvalue weighted by Gasteiger charge is -2.45. The predicted molar refractivity (Wildman–Crippen MR) is 469 cm³/mol. The van der Waals surface area contributed by atoms with Crippen LogP contribution < -0.4 is 26.2 Å². The summed E-state index contributed by atoms with van der Waals surface area (Å²) in [6, 6.07) is 90.6. The largest absolute Gasteiger partial charge is 0.311 e. The van der Waals surface area contributed by atoms with Crippen molar-refractivity contribution >= 4 is 111 Å². The van der Waals surface area contributed by atoms with Crippen molar-refractivity contribution in [2.24, 2.45) is 0 Å². The third kappa shape index (κ3) is 9.50. The van der Waals surface area contributed by atoms with Crippen molar-refractivity contribution in [3.05, 3.63) is 385 Å². The van der Waals surface area contributed by atoms with Crippen LogP contribution in [0.3, 0.4) is 0 Å². The maximum absolute atomic E-state index is 10.1. The Morgan fingerprint density at radius 3 is 1.38 bits per heavy atom. The summed E-state index contributed by atoms with van der Waals surface area (Å²) in [5, 5.41) is 1.79. The Bertz CT molecular complexity index is 7550. The topological polar surface area (TPSA) is 11.4 Å². The van der Waals surface area contributed by atoms with E-state index >= 15 is 0 Å². The molecule has 0 saturated carbocycles. The van der Waals surface area contributed by atoms with E-state index < -0.39 is 78.6 Å². The Morgan fingerprint density at radius 2 is 0.773 bits per heavy atom. The maximum Gasteiger partial charge on any atom is 0.252 e. The summed E-state index contributed by atoms with van der Waals surface area (Å²) in [6.45, 7) is 12.7. The number of anilines is 6. The zero-order valence-corrected chi connectivity index (χ0v) is 62.1. The molecule has 22 rings (SSSR count). The minimum atomic E-state index is -0.671. The zero-order chi connectivity index (χ0) is 84.8. The Kier molecular flexibility index (Phi) is 11.5. The van der Waals surface area contributed by atoms with Crippen LogP contribution in [0.5, 0.6) is 0 Å². The van der Waals surface area contributed by atoms with Gasteiger partial charge < -0.3 is 14.4 Å². The minimum absolute atomic E-state index is 0.00542. The smallest absolute Gasteiger partial charge is 0.252 e. The molecule has 5 heteroatoms. The van der Waals surface area contributed by atoms with Crippen molar-refractivity contribution in [1.82, 2.24) is 4.57 Å². The molecule has 0 unspecified atom stereocenters. The van der Waals surface area contributed by atoms with E-state index in [4.69, 9.17) is 1.37 Å². The molecule has 0 atom stereocenters. The van der Waals surface area contributed by atoms with Crippen molar-refractivity contribution in [3.63, 3.8) is 0 Å². The van der Waals surface area contributed by atoms with E-state index in [9.17, 15) is 16.4 Å². The molecule has 0 saturated heterocycles. The van der Waals surface area contributed by atoms with Crippen LogP contribution in [0.4, 0.5) is 34.1 Å². The third-order valence-corrected chi connectivity index (χ3v) is 24.9. The van der Waals surface area contributed by atoms with Crippen LogP contribution in [0.25, 0.3) is 126 Å². The summed E-state index contributed by atoms with van der Waals surface area (Å²) >= 11 is 1.66. The van der Waals surface area contributed by atoms with Gasteiger partial charge >= 0.3 is 0 Å². The molecule has 4 heterocycles. The van der Waals surface area contributed by atoms with Gasteiger partial charge in [-0.05, 0) is 194 Å². The molecular formula is C105H76BN3S. The average Bonchev–Trinajstić information content (AvgIpc) is 1.57. The van der Waals surface area contributed by atoms with Gasteiger partial charge in [-0.2, -0.15) is 0 Å². The van der Waals surface area contributed by atoms with Crippen LogP contribution in [0, 0.1) is 0 Å². The molecule has 2 aliphatic carbocycles. The van der Waals surface area contributed by atoms with Gasteiger partial charge in [0.1, 0.15) is 0 Å². The normalized spacial score (nSPS) is 15.2. The lowest BCUT2D eigenvalue weighted by atomic mass is 9.33. The Labute approximate surface area is 665 Å². The van der Waals surface area contributed by atoms with Crippen molar-refractivity contribution in [3.8, 4) is 83.6 Å². The van der Waals surface area contributed by atoms with Crippen LogP contribution in [-0.2, 0) is 16.2 Å². The number of nitrogens with zero attached hydrogens (tertiary/aromatic N) is 3. The van der Waals surface area contributed by atoms with Crippen molar-refractivity contribution in [1.29, 1.82) is 0 Å². The SMILES string of the molecule is [2H]c1c([2H])c([2H])c(-c2ccc3c(c2)N(c2cccc4c2sc2c(-c5ccc6c(c5)-c5ccccc5C65c6ccccc6-c6ccccc65)cccc24)c2cc(-n4c5c([2H])c([2H])c([2H])c([2H])c5c5c([2H])c([2H])c([2H])c([2H])c54)cc4c2B3c2ccc(-c3cc(C(C)(C)C)cc(C(C)(C)C)c3)cc2N4c2ccc(-c3ccccc3)cc2-c2ccccc2)c([2H])c1[2H]. The highest BCUT2D eigenvalue weighted by molar-refractivity contribution is 7.27. The average molecular weight is 1440 g/mol. The number of para-hydroxylation sites is 2. The summed E-state index contributed by atoms with van der Waals surface area (Å²) < 4.78 is 128. The second-order valence-corrected chi connectivity index (χ2v) is 32.7. The van der Waals surface area contributed by atoms with E-state index in [1.807, 2.05) is 66.7 Å². The molecule has 0 fully saturated rings. The Hall–Kier alpha value is -12.8. The highest BCUT2D eigenvalue weighted by Crippen LogP contribution is 2.64. The van der Waals surface area contributed by atoms with Crippen LogP contribution in [0.2, 0.25) is 0 Å². The standard InChI is InChI=1S/C105H76BN3S/c1-103(2,3)73-56-72(57-74(62-73)104(4,5)6)70-50-54-90-96(61-70)108(94-55-51-68(65-28-10-7-11-29-65)58-84(94)67-32-14-9-15-33-67)98-63-75(107-92-45-24-19-37-80(92)81-38-20-25-46-93(81)107)64-99-100(98)106(90)91-53-49-69(66-30-12-8-13-31-66)60-97(91)109(99)95-47-27-41-83-82-40-26-39-76(101(82)110-102(83)95)71-48-52-89-85(59-71)79-36-18-23-44-88(79)105(89)86-42-21-16-34-77(86)78-35-17-22-43-87(78)105/h7-64H,1-6H3/i8D,12D,13D,19D,20D,24D,25D,30D,31D,37D,38D,45D,46D. The van der Waals surface area contributed by atoms with E-state index in [0.29, 0.717) is 34.0 Å². The molecule has 0 radical (unpaired) electrons. The molecule has 520 valence electrons. The lowest BCUT2D eigenvalue weighted by molar-refractivity contribution is 0.569. The first-order valence-corrected chi connectivity index (χ1v) is 38.5. The number of rotatable bonds is 8. The second-order valence-electron chi connectivity index (χ2n) is 31.7. The lowest BCUT2D eigenvalue weighted by Crippen LogP contribution is -2.61. The third-order valence-electron chi connectivity index (χ3n) is 23.6. The Balaban J connectivity index is 0.877. The Morgan fingerprint density at radius 1 is 0.300 bits per heavy atom. The van der Waals surface area contributed by atoms with Gasteiger partial charge in [-0.3, -0.25) is 0 Å². The molecule has 0 N–H and O–H groups in total. The number of hydrogen-bond acceptors (Lipinski definition) is 3. The molecule has 16 aromatic carbocycles. The summed E-state index contributed by atoms with van der Waals surface area (Å²) in [7, 11) is 0. The van der Waals surface area contributed by atoms with E-state index in [0.717, 1.165) is 109 Å². The molecule has 4 aliphatic rings. The molecule has 2 aliphatic heterocycles. The fourth-order valence-corrected chi connectivity index (χ4v) is 19.9. The van der Waals surface area contributed by atoms with Gasteiger partial charge in [0.25, 0.3) is 6.71 Å². The van der Waals surface area contributed by atoms with Crippen LogP contribution in [-0.4, -0.2) is 11.3 Å². The van der Waals surface area contributed by atoms with Crippen molar-refractivity contribution in [2.75, 3.05) is 9.80 Å².